The second-order valence-corrected chi connectivity index (χ2v) is 5.27. The number of halogens is 2. The molecule has 0 fully saturated rings. The van der Waals surface area contributed by atoms with Gasteiger partial charge < -0.3 is 11.1 Å². The molecule has 3 N–H and O–H groups in total. The van der Waals surface area contributed by atoms with Gasteiger partial charge in [-0.3, -0.25) is 9.48 Å². The SMILES string of the molecule is Cc1nn(C)c(C)c1NC(=O)c1cc(N)c(Cl)c(Cl)c1. The van der Waals surface area contributed by atoms with Gasteiger partial charge in [0.1, 0.15) is 0 Å². The molecule has 1 aromatic carbocycles. The molecule has 7 heteroatoms. The molecule has 106 valence electrons. The molecule has 0 atom stereocenters. The van der Waals surface area contributed by atoms with Crippen molar-refractivity contribution in [3.8, 4) is 0 Å². The largest absolute Gasteiger partial charge is 0.397 e. The molecule has 0 unspecified atom stereocenters. The summed E-state index contributed by atoms with van der Waals surface area (Å²) in [7, 11) is 1.81. The topological polar surface area (TPSA) is 72.9 Å². The van der Waals surface area contributed by atoms with E-state index in [1.54, 1.807) is 4.68 Å². The average Bonchev–Trinajstić information content (AvgIpc) is 2.62. The first kappa shape index (κ1) is 14.7. The highest BCUT2D eigenvalue weighted by molar-refractivity contribution is 6.44. The van der Waals surface area contributed by atoms with E-state index in [9.17, 15) is 4.79 Å². The molecule has 1 aromatic heterocycles. The Bertz CT molecular complexity index is 671. The highest BCUT2D eigenvalue weighted by Crippen LogP contribution is 2.30. The smallest absolute Gasteiger partial charge is 0.255 e. The van der Waals surface area contributed by atoms with Crippen LogP contribution in [0.5, 0.6) is 0 Å². The number of benzene rings is 1. The van der Waals surface area contributed by atoms with Crippen molar-refractivity contribution in [2.75, 3.05) is 11.1 Å². The molecule has 20 heavy (non-hydrogen) atoms. The number of aryl methyl sites for hydroxylation is 2. The molecule has 0 saturated carbocycles. The van der Waals surface area contributed by atoms with Crippen molar-refractivity contribution in [2.24, 2.45) is 7.05 Å². The van der Waals surface area contributed by atoms with Crippen molar-refractivity contribution in [1.82, 2.24) is 9.78 Å². The minimum absolute atomic E-state index is 0.247. The molecule has 0 aliphatic carbocycles. The van der Waals surface area contributed by atoms with Crippen LogP contribution < -0.4 is 11.1 Å². The van der Waals surface area contributed by atoms with E-state index in [-0.39, 0.29) is 21.6 Å². The van der Waals surface area contributed by atoms with E-state index < -0.39 is 0 Å². The standard InChI is InChI=1S/C13H14Cl2N4O/c1-6-12(7(2)19(3)18-6)17-13(20)8-4-9(14)11(15)10(16)5-8/h4-5H,16H2,1-3H3,(H,17,20). The third kappa shape index (κ3) is 2.59. The lowest BCUT2D eigenvalue weighted by atomic mass is 10.2. The second kappa shape index (κ2) is 5.34. The lowest BCUT2D eigenvalue weighted by Gasteiger charge is -2.08. The van der Waals surface area contributed by atoms with Crippen LogP contribution in [0.25, 0.3) is 0 Å². The number of amides is 1. The first-order valence-corrected chi connectivity index (χ1v) is 6.63. The predicted molar refractivity (Wildman–Crippen MR) is 81.5 cm³/mol. The molecule has 0 aliphatic rings. The summed E-state index contributed by atoms with van der Waals surface area (Å²) in [5, 5.41) is 7.54. The fourth-order valence-corrected chi connectivity index (χ4v) is 2.22. The van der Waals surface area contributed by atoms with Crippen LogP contribution in [0.1, 0.15) is 21.7 Å². The van der Waals surface area contributed by atoms with Gasteiger partial charge in [0.15, 0.2) is 0 Å². The summed E-state index contributed by atoms with van der Waals surface area (Å²) in [5.41, 5.74) is 8.61. The summed E-state index contributed by atoms with van der Waals surface area (Å²) in [6, 6.07) is 2.97. The number of rotatable bonds is 2. The first-order valence-electron chi connectivity index (χ1n) is 5.87. The van der Waals surface area contributed by atoms with Gasteiger partial charge in [0.05, 0.1) is 32.8 Å². The summed E-state index contributed by atoms with van der Waals surface area (Å²) in [6.07, 6.45) is 0. The number of carbonyl (C=O) groups excluding carboxylic acids is 1. The number of hydrogen-bond acceptors (Lipinski definition) is 3. The van der Waals surface area contributed by atoms with Crippen molar-refractivity contribution in [2.45, 2.75) is 13.8 Å². The molecule has 5 nitrogen and oxygen atoms in total. The molecule has 1 heterocycles. The van der Waals surface area contributed by atoms with Crippen molar-refractivity contribution in [3.63, 3.8) is 0 Å². The quantitative estimate of drug-likeness (QED) is 0.836. The van der Waals surface area contributed by atoms with Gasteiger partial charge in [-0.05, 0) is 26.0 Å². The summed E-state index contributed by atoms with van der Waals surface area (Å²) < 4.78 is 1.70. The zero-order valence-electron chi connectivity index (χ0n) is 11.3. The summed E-state index contributed by atoms with van der Waals surface area (Å²) >= 11 is 11.8. The maximum Gasteiger partial charge on any atom is 0.255 e. The van der Waals surface area contributed by atoms with Crippen molar-refractivity contribution >= 4 is 40.5 Å². The third-order valence-electron chi connectivity index (χ3n) is 3.07. The Labute approximate surface area is 126 Å². The molecule has 0 radical (unpaired) electrons. The minimum atomic E-state index is -0.311. The Kier molecular flexibility index (Phi) is 3.92. The van der Waals surface area contributed by atoms with Crippen LogP contribution in [0.4, 0.5) is 11.4 Å². The van der Waals surface area contributed by atoms with Crippen molar-refractivity contribution in [1.29, 1.82) is 0 Å². The molecule has 0 bridgehead atoms. The number of carbonyl (C=O) groups is 1. The Hall–Kier alpha value is -1.72. The van der Waals surface area contributed by atoms with Crippen LogP contribution in [0.2, 0.25) is 10.0 Å². The van der Waals surface area contributed by atoms with Crippen LogP contribution in [-0.4, -0.2) is 15.7 Å². The molecule has 0 spiro atoms. The van der Waals surface area contributed by atoms with Crippen molar-refractivity contribution < 1.29 is 4.79 Å². The van der Waals surface area contributed by atoms with Gasteiger partial charge in [-0.2, -0.15) is 5.10 Å². The van der Waals surface area contributed by atoms with Crippen molar-refractivity contribution in [3.05, 3.63) is 39.1 Å². The Morgan fingerprint density at radius 1 is 1.35 bits per heavy atom. The maximum atomic E-state index is 12.2. The normalized spacial score (nSPS) is 10.7. The summed E-state index contributed by atoms with van der Waals surface area (Å²) in [6.45, 7) is 3.70. The van der Waals surface area contributed by atoms with Crippen LogP contribution in [0, 0.1) is 13.8 Å². The zero-order valence-corrected chi connectivity index (χ0v) is 12.8. The van der Waals surface area contributed by atoms with Gasteiger partial charge in [0, 0.05) is 12.6 Å². The maximum absolute atomic E-state index is 12.2. The van der Waals surface area contributed by atoms with E-state index in [1.807, 2.05) is 20.9 Å². The molecule has 0 aliphatic heterocycles. The fourth-order valence-electron chi connectivity index (χ4n) is 1.88. The number of nitrogens with zero attached hydrogens (tertiary/aromatic N) is 2. The number of nitrogen functional groups attached to an aromatic ring is 1. The summed E-state index contributed by atoms with van der Waals surface area (Å²) in [5.74, 6) is -0.311. The van der Waals surface area contributed by atoms with Crippen LogP contribution in [0.15, 0.2) is 12.1 Å². The monoisotopic (exact) mass is 312 g/mol. The Morgan fingerprint density at radius 3 is 2.50 bits per heavy atom. The third-order valence-corrected chi connectivity index (χ3v) is 3.88. The van der Waals surface area contributed by atoms with E-state index >= 15 is 0 Å². The number of nitrogens with one attached hydrogen (secondary N) is 1. The van der Waals surface area contributed by atoms with Gasteiger partial charge in [0.25, 0.3) is 5.91 Å². The first-order chi connectivity index (χ1) is 9.31. The molecular formula is C13H14Cl2N4O. The molecule has 0 saturated heterocycles. The second-order valence-electron chi connectivity index (χ2n) is 4.48. The minimum Gasteiger partial charge on any atom is -0.397 e. The van der Waals surface area contributed by atoms with Crippen LogP contribution >= 0.6 is 23.2 Å². The number of nitrogens with two attached hydrogens (primary N) is 1. The van der Waals surface area contributed by atoms with Gasteiger partial charge in [-0.1, -0.05) is 23.2 Å². The van der Waals surface area contributed by atoms with E-state index in [2.05, 4.69) is 10.4 Å². The van der Waals surface area contributed by atoms with Gasteiger partial charge >= 0.3 is 0 Å². The number of aromatic nitrogens is 2. The lowest BCUT2D eigenvalue weighted by Crippen LogP contribution is -2.13. The number of hydrogen-bond donors (Lipinski definition) is 2. The van der Waals surface area contributed by atoms with Crippen LogP contribution in [0.3, 0.4) is 0 Å². The molecule has 2 aromatic rings. The predicted octanol–water partition coefficient (Wildman–Crippen LogP) is 3.18. The van der Waals surface area contributed by atoms with E-state index in [0.717, 1.165) is 11.4 Å². The summed E-state index contributed by atoms with van der Waals surface area (Å²) in [4.78, 5) is 12.2. The average molecular weight is 313 g/mol. The van der Waals surface area contributed by atoms with Gasteiger partial charge in [-0.15, -0.1) is 0 Å². The number of anilines is 2. The molecular weight excluding hydrogens is 299 g/mol. The molecule has 2 rings (SSSR count). The fraction of sp³-hybridized carbons (Fsp3) is 0.231. The Morgan fingerprint density at radius 2 is 2.00 bits per heavy atom. The lowest BCUT2D eigenvalue weighted by molar-refractivity contribution is 0.102. The van der Waals surface area contributed by atoms with E-state index in [1.165, 1.54) is 12.1 Å². The zero-order chi connectivity index (χ0) is 15.0. The van der Waals surface area contributed by atoms with E-state index in [0.29, 0.717) is 11.3 Å². The molecule has 1 amide bonds. The highest BCUT2D eigenvalue weighted by atomic mass is 35.5. The van der Waals surface area contributed by atoms with Crippen LogP contribution in [-0.2, 0) is 7.05 Å². The van der Waals surface area contributed by atoms with E-state index in [4.69, 9.17) is 28.9 Å². The highest BCUT2D eigenvalue weighted by Gasteiger charge is 2.15. The Balaban J connectivity index is 2.33. The van der Waals surface area contributed by atoms with Gasteiger partial charge in [-0.25, -0.2) is 0 Å². The van der Waals surface area contributed by atoms with Gasteiger partial charge in [0.2, 0.25) is 0 Å².